The second-order valence-electron chi connectivity index (χ2n) is 8.01. The van der Waals surface area contributed by atoms with Crippen molar-refractivity contribution in [2.24, 2.45) is 0 Å². The van der Waals surface area contributed by atoms with Crippen LogP contribution in [0.5, 0.6) is 5.75 Å². The van der Waals surface area contributed by atoms with E-state index < -0.39 is 6.03 Å². The first-order valence-electron chi connectivity index (χ1n) is 11.6. The number of urea groups is 1. The first kappa shape index (κ1) is 26.2. The van der Waals surface area contributed by atoms with Crippen molar-refractivity contribution in [2.75, 3.05) is 29.7 Å². The second-order valence-corrected chi connectivity index (χ2v) is 8.01. The number of ether oxygens (including phenoxy) is 2. The van der Waals surface area contributed by atoms with Gasteiger partial charge < -0.3 is 25.4 Å². The van der Waals surface area contributed by atoms with E-state index in [1.807, 2.05) is 37.3 Å². The number of benzene rings is 2. The van der Waals surface area contributed by atoms with Crippen LogP contribution in [-0.2, 0) is 27.2 Å². The molecule has 0 saturated carbocycles. The van der Waals surface area contributed by atoms with Crippen molar-refractivity contribution in [3.8, 4) is 5.75 Å². The summed E-state index contributed by atoms with van der Waals surface area (Å²) < 4.78 is 10.3. The number of nitrogens with zero attached hydrogens (tertiary/aromatic N) is 1. The van der Waals surface area contributed by atoms with E-state index in [4.69, 9.17) is 9.47 Å². The summed E-state index contributed by atoms with van der Waals surface area (Å²) in [4.78, 5) is 40.7. The van der Waals surface area contributed by atoms with Gasteiger partial charge in [-0.3, -0.25) is 9.59 Å². The quantitative estimate of drug-likeness (QED) is 0.354. The molecule has 1 heterocycles. The number of anilines is 3. The van der Waals surface area contributed by atoms with Gasteiger partial charge in [0.1, 0.15) is 11.6 Å². The molecule has 0 atom stereocenters. The maximum atomic E-state index is 12.5. The van der Waals surface area contributed by atoms with E-state index in [0.717, 1.165) is 11.1 Å². The van der Waals surface area contributed by atoms with E-state index in [0.29, 0.717) is 41.5 Å². The van der Waals surface area contributed by atoms with Gasteiger partial charge in [0, 0.05) is 18.3 Å². The van der Waals surface area contributed by atoms with Gasteiger partial charge in [-0.1, -0.05) is 30.3 Å². The van der Waals surface area contributed by atoms with Gasteiger partial charge in [-0.05, 0) is 61.2 Å². The van der Waals surface area contributed by atoms with Crippen LogP contribution in [0, 0.1) is 6.92 Å². The number of hydrogen-bond donors (Lipinski definition) is 3. The van der Waals surface area contributed by atoms with Crippen LogP contribution in [0.3, 0.4) is 0 Å². The number of hydrogen-bond acceptors (Lipinski definition) is 6. The normalized spacial score (nSPS) is 10.3. The van der Waals surface area contributed by atoms with Gasteiger partial charge >= 0.3 is 12.0 Å². The van der Waals surface area contributed by atoms with Gasteiger partial charge in [-0.25, -0.2) is 9.78 Å². The molecule has 9 heteroatoms. The smallest absolute Gasteiger partial charge is 0.323 e. The molecule has 9 nitrogen and oxygen atoms in total. The SMILES string of the molecule is CCOC(=O)CCc1ccc(NC(=O)Cc2ccc(NC(=O)Nc3ccccc3C)c(OC)c2)nc1. The van der Waals surface area contributed by atoms with Crippen molar-refractivity contribution in [3.05, 3.63) is 77.5 Å². The highest BCUT2D eigenvalue weighted by Gasteiger charge is 2.12. The van der Waals surface area contributed by atoms with Crippen LogP contribution in [0.1, 0.15) is 30.0 Å². The zero-order valence-corrected chi connectivity index (χ0v) is 20.6. The van der Waals surface area contributed by atoms with Crippen LogP contribution in [0.2, 0.25) is 0 Å². The minimum absolute atomic E-state index is 0.0956. The van der Waals surface area contributed by atoms with Crippen molar-refractivity contribution < 1.29 is 23.9 Å². The molecule has 0 spiro atoms. The van der Waals surface area contributed by atoms with Gasteiger partial charge in [-0.15, -0.1) is 0 Å². The summed E-state index contributed by atoms with van der Waals surface area (Å²) in [5.74, 6) is 0.350. The molecule has 3 rings (SSSR count). The minimum Gasteiger partial charge on any atom is -0.495 e. The number of methoxy groups -OCH3 is 1. The van der Waals surface area contributed by atoms with Crippen LogP contribution in [0.15, 0.2) is 60.8 Å². The Bertz CT molecular complexity index is 1210. The van der Waals surface area contributed by atoms with Gasteiger partial charge in [0.25, 0.3) is 0 Å². The van der Waals surface area contributed by atoms with Crippen LogP contribution < -0.4 is 20.7 Å². The Kier molecular flexibility index (Phi) is 9.39. The van der Waals surface area contributed by atoms with Gasteiger partial charge in [0.05, 0.1) is 25.8 Å². The summed E-state index contributed by atoms with van der Waals surface area (Å²) in [7, 11) is 1.50. The lowest BCUT2D eigenvalue weighted by Gasteiger charge is -2.13. The number of para-hydroxylation sites is 1. The molecule has 0 radical (unpaired) electrons. The monoisotopic (exact) mass is 490 g/mol. The van der Waals surface area contributed by atoms with E-state index in [9.17, 15) is 14.4 Å². The summed E-state index contributed by atoms with van der Waals surface area (Å²) in [6.07, 6.45) is 2.52. The molecule has 0 aliphatic heterocycles. The first-order chi connectivity index (χ1) is 17.4. The molecule has 36 heavy (non-hydrogen) atoms. The van der Waals surface area contributed by atoms with Crippen LogP contribution >= 0.6 is 0 Å². The van der Waals surface area contributed by atoms with Crippen LogP contribution in [-0.4, -0.2) is 36.6 Å². The fraction of sp³-hybridized carbons (Fsp3) is 0.259. The lowest BCUT2D eigenvalue weighted by molar-refractivity contribution is -0.143. The molecule has 0 bridgehead atoms. The Morgan fingerprint density at radius 1 is 0.917 bits per heavy atom. The third-order valence-corrected chi connectivity index (χ3v) is 5.29. The summed E-state index contributed by atoms with van der Waals surface area (Å²) in [5.41, 5.74) is 3.72. The molecule has 1 aromatic heterocycles. The maximum absolute atomic E-state index is 12.5. The first-order valence-corrected chi connectivity index (χ1v) is 11.6. The van der Waals surface area contributed by atoms with E-state index in [-0.39, 0.29) is 24.7 Å². The molecule has 0 saturated heterocycles. The van der Waals surface area contributed by atoms with E-state index in [2.05, 4.69) is 20.9 Å². The summed E-state index contributed by atoms with van der Waals surface area (Å²) in [5, 5.41) is 8.34. The third kappa shape index (κ3) is 7.83. The minimum atomic E-state index is -0.398. The zero-order valence-electron chi connectivity index (χ0n) is 20.6. The summed E-state index contributed by atoms with van der Waals surface area (Å²) in [6, 6.07) is 15.7. The van der Waals surface area contributed by atoms with Gasteiger partial charge in [-0.2, -0.15) is 0 Å². The molecular formula is C27H30N4O5. The van der Waals surface area contributed by atoms with Crippen molar-refractivity contribution in [3.63, 3.8) is 0 Å². The summed E-state index contributed by atoms with van der Waals surface area (Å²) in [6.45, 7) is 4.03. The Morgan fingerprint density at radius 3 is 2.36 bits per heavy atom. The number of rotatable bonds is 10. The zero-order chi connectivity index (χ0) is 25.9. The number of aryl methyl sites for hydroxylation is 2. The second kappa shape index (κ2) is 12.9. The number of aromatic nitrogens is 1. The number of amides is 3. The number of carbonyl (C=O) groups excluding carboxylic acids is 3. The van der Waals surface area contributed by atoms with Gasteiger partial charge in [0.15, 0.2) is 0 Å². The number of esters is 1. The third-order valence-electron chi connectivity index (χ3n) is 5.29. The molecule has 2 aromatic carbocycles. The predicted molar refractivity (Wildman–Crippen MR) is 138 cm³/mol. The van der Waals surface area contributed by atoms with Crippen molar-refractivity contribution in [2.45, 2.75) is 33.1 Å². The number of nitrogens with one attached hydrogen (secondary N) is 3. The molecule has 0 fully saturated rings. The highest BCUT2D eigenvalue weighted by molar-refractivity contribution is 6.01. The summed E-state index contributed by atoms with van der Waals surface area (Å²) >= 11 is 0. The fourth-order valence-electron chi connectivity index (χ4n) is 3.44. The van der Waals surface area contributed by atoms with E-state index in [1.54, 1.807) is 37.4 Å². The van der Waals surface area contributed by atoms with Crippen molar-refractivity contribution >= 4 is 35.1 Å². The van der Waals surface area contributed by atoms with Crippen LogP contribution in [0.25, 0.3) is 0 Å². The van der Waals surface area contributed by atoms with Crippen LogP contribution in [0.4, 0.5) is 22.0 Å². The van der Waals surface area contributed by atoms with E-state index in [1.165, 1.54) is 7.11 Å². The Morgan fingerprint density at radius 2 is 1.67 bits per heavy atom. The standard InChI is InChI=1S/C27H30N4O5/c1-4-36-26(33)14-11-19-10-13-24(28-17-19)31-25(32)16-20-9-12-22(23(15-20)35-3)30-27(34)29-21-8-6-5-7-18(21)2/h5-10,12-13,15,17H,4,11,14,16H2,1-3H3,(H,28,31,32)(H2,29,30,34). The highest BCUT2D eigenvalue weighted by atomic mass is 16.5. The topological polar surface area (TPSA) is 119 Å². The van der Waals surface area contributed by atoms with E-state index >= 15 is 0 Å². The van der Waals surface area contributed by atoms with Gasteiger partial charge in [0.2, 0.25) is 5.91 Å². The Hall–Kier alpha value is -4.40. The highest BCUT2D eigenvalue weighted by Crippen LogP contribution is 2.26. The molecule has 3 amide bonds. The Balaban J connectivity index is 1.54. The van der Waals surface area contributed by atoms with Crippen molar-refractivity contribution in [1.82, 2.24) is 4.98 Å². The fourth-order valence-corrected chi connectivity index (χ4v) is 3.44. The molecule has 188 valence electrons. The lowest BCUT2D eigenvalue weighted by atomic mass is 10.1. The molecule has 0 aliphatic carbocycles. The molecule has 0 unspecified atom stereocenters. The largest absolute Gasteiger partial charge is 0.495 e. The van der Waals surface area contributed by atoms with Crippen molar-refractivity contribution in [1.29, 1.82) is 0 Å². The average molecular weight is 491 g/mol. The molecule has 3 N–H and O–H groups in total. The Labute approximate surface area is 210 Å². The lowest BCUT2D eigenvalue weighted by Crippen LogP contribution is -2.20. The number of pyridine rings is 1. The molecule has 0 aliphatic rings. The average Bonchev–Trinajstić information content (AvgIpc) is 2.86. The maximum Gasteiger partial charge on any atom is 0.323 e. The molecule has 3 aromatic rings. The molecular weight excluding hydrogens is 460 g/mol. The predicted octanol–water partition coefficient (Wildman–Crippen LogP) is 4.72. The number of carbonyl (C=O) groups is 3.